The van der Waals surface area contributed by atoms with E-state index in [-0.39, 0.29) is 5.75 Å². The first-order valence-electron chi connectivity index (χ1n) is 4.72. The van der Waals surface area contributed by atoms with E-state index in [0.29, 0.717) is 11.1 Å². The highest BCUT2D eigenvalue weighted by atomic mass is 19.3. The Bertz CT molecular complexity index is 497. The molecule has 0 bridgehead atoms. The Morgan fingerprint density at radius 2 is 1.94 bits per heavy atom. The van der Waals surface area contributed by atoms with E-state index in [1.807, 2.05) is 6.07 Å². The topological polar surface area (TPSA) is 18.5 Å². The predicted octanol–water partition coefficient (Wildman–Crippen LogP) is 3.45. The van der Waals surface area contributed by atoms with Gasteiger partial charge in [0.1, 0.15) is 11.5 Å². The van der Waals surface area contributed by atoms with Gasteiger partial charge >= 0.3 is 6.61 Å². The van der Waals surface area contributed by atoms with Crippen LogP contribution < -0.4 is 9.47 Å². The molecule has 0 N–H and O–H groups in total. The highest BCUT2D eigenvalue weighted by Crippen LogP contribution is 2.29. The van der Waals surface area contributed by atoms with Gasteiger partial charge in [0.05, 0.1) is 7.11 Å². The Labute approximate surface area is 91.4 Å². The molecule has 16 heavy (non-hydrogen) atoms. The molecule has 0 unspecified atom stereocenters. The van der Waals surface area contributed by atoms with Crippen LogP contribution in [0.25, 0.3) is 10.8 Å². The molecule has 84 valence electrons. The minimum atomic E-state index is -2.82. The van der Waals surface area contributed by atoms with Gasteiger partial charge in [-0.05, 0) is 23.6 Å². The fourth-order valence-electron chi connectivity index (χ4n) is 1.55. The van der Waals surface area contributed by atoms with Gasteiger partial charge in [0.2, 0.25) is 0 Å². The van der Waals surface area contributed by atoms with Gasteiger partial charge in [-0.1, -0.05) is 18.2 Å². The van der Waals surface area contributed by atoms with E-state index in [9.17, 15) is 8.78 Å². The molecule has 2 aromatic rings. The second-order valence-electron chi connectivity index (χ2n) is 3.22. The van der Waals surface area contributed by atoms with Crippen LogP contribution in [0.5, 0.6) is 11.5 Å². The maximum absolute atomic E-state index is 12.2. The van der Waals surface area contributed by atoms with Gasteiger partial charge < -0.3 is 9.47 Å². The Hall–Kier alpha value is -1.84. The SMILES string of the molecule is COc1ccc2cccc(OC(F)F)c2c1. The van der Waals surface area contributed by atoms with Crippen LogP contribution in [-0.4, -0.2) is 13.7 Å². The number of alkyl halides is 2. The molecule has 2 nitrogen and oxygen atoms in total. The summed E-state index contributed by atoms with van der Waals surface area (Å²) in [6.45, 7) is -2.82. The number of rotatable bonds is 3. The summed E-state index contributed by atoms with van der Waals surface area (Å²) in [7, 11) is 1.53. The molecule has 0 saturated heterocycles. The molecule has 0 aliphatic carbocycles. The summed E-state index contributed by atoms with van der Waals surface area (Å²) in [5.74, 6) is 0.768. The van der Waals surface area contributed by atoms with Crippen LogP contribution in [-0.2, 0) is 0 Å². The molecule has 0 aromatic heterocycles. The molecular formula is C12H10F2O2. The minimum absolute atomic E-state index is 0.159. The zero-order chi connectivity index (χ0) is 11.5. The molecule has 0 aliphatic rings. The molecule has 4 heteroatoms. The van der Waals surface area contributed by atoms with Crippen LogP contribution in [0.2, 0.25) is 0 Å². The third kappa shape index (κ3) is 2.05. The van der Waals surface area contributed by atoms with E-state index < -0.39 is 6.61 Å². The molecule has 2 aromatic carbocycles. The molecule has 0 fully saturated rings. The van der Waals surface area contributed by atoms with E-state index in [4.69, 9.17) is 4.74 Å². The summed E-state index contributed by atoms with van der Waals surface area (Å²) in [5.41, 5.74) is 0. The quantitative estimate of drug-likeness (QED) is 0.794. The maximum Gasteiger partial charge on any atom is 0.387 e. The highest BCUT2D eigenvalue weighted by molar-refractivity contribution is 5.89. The standard InChI is InChI=1S/C12H10F2O2/c1-15-9-6-5-8-3-2-4-11(10(8)7-9)16-12(13)14/h2-7,12H,1H3. The normalized spacial score (nSPS) is 10.8. The monoisotopic (exact) mass is 224 g/mol. The zero-order valence-corrected chi connectivity index (χ0v) is 8.61. The van der Waals surface area contributed by atoms with Crippen LogP contribution in [0.3, 0.4) is 0 Å². The van der Waals surface area contributed by atoms with Crippen molar-refractivity contribution < 1.29 is 18.3 Å². The lowest BCUT2D eigenvalue weighted by Crippen LogP contribution is -2.02. The van der Waals surface area contributed by atoms with E-state index in [1.165, 1.54) is 13.2 Å². The van der Waals surface area contributed by atoms with Gasteiger partial charge in [0.25, 0.3) is 0 Å². The van der Waals surface area contributed by atoms with E-state index in [1.54, 1.807) is 24.3 Å². The summed E-state index contributed by atoms with van der Waals surface area (Å²) in [6, 6.07) is 10.3. The van der Waals surface area contributed by atoms with Crippen molar-refractivity contribution in [3.8, 4) is 11.5 Å². The van der Waals surface area contributed by atoms with E-state index in [2.05, 4.69) is 4.74 Å². The Balaban J connectivity index is 2.55. The largest absolute Gasteiger partial charge is 0.497 e. The van der Waals surface area contributed by atoms with Crippen LogP contribution >= 0.6 is 0 Å². The zero-order valence-electron chi connectivity index (χ0n) is 8.61. The Morgan fingerprint density at radius 1 is 1.12 bits per heavy atom. The summed E-state index contributed by atoms with van der Waals surface area (Å²) >= 11 is 0. The molecule has 0 aliphatic heterocycles. The van der Waals surface area contributed by atoms with Crippen molar-refractivity contribution in [1.82, 2.24) is 0 Å². The van der Waals surface area contributed by atoms with Crippen molar-refractivity contribution in [2.24, 2.45) is 0 Å². The second-order valence-corrected chi connectivity index (χ2v) is 3.22. The van der Waals surface area contributed by atoms with Crippen molar-refractivity contribution >= 4 is 10.8 Å². The van der Waals surface area contributed by atoms with E-state index >= 15 is 0 Å². The number of halogens is 2. The van der Waals surface area contributed by atoms with Gasteiger partial charge in [-0.3, -0.25) is 0 Å². The predicted molar refractivity (Wildman–Crippen MR) is 57.1 cm³/mol. The number of hydrogen-bond donors (Lipinski definition) is 0. The summed E-state index contributed by atoms with van der Waals surface area (Å²) in [4.78, 5) is 0. The first-order valence-corrected chi connectivity index (χ1v) is 4.72. The molecule has 0 atom stereocenters. The smallest absolute Gasteiger partial charge is 0.387 e. The lowest BCUT2D eigenvalue weighted by Gasteiger charge is -2.09. The molecule has 0 amide bonds. The number of hydrogen-bond acceptors (Lipinski definition) is 2. The van der Waals surface area contributed by atoms with Gasteiger partial charge in [0.15, 0.2) is 0 Å². The number of methoxy groups -OCH3 is 1. The Morgan fingerprint density at radius 3 is 2.62 bits per heavy atom. The van der Waals surface area contributed by atoms with E-state index in [0.717, 1.165) is 5.39 Å². The third-order valence-corrected chi connectivity index (χ3v) is 2.27. The van der Waals surface area contributed by atoms with Crippen LogP contribution in [0.15, 0.2) is 36.4 Å². The molecule has 2 rings (SSSR count). The number of benzene rings is 2. The van der Waals surface area contributed by atoms with Crippen LogP contribution in [0, 0.1) is 0 Å². The van der Waals surface area contributed by atoms with Gasteiger partial charge in [-0.15, -0.1) is 0 Å². The van der Waals surface area contributed by atoms with Crippen LogP contribution in [0.1, 0.15) is 0 Å². The van der Waals surface area contributed by atoms with Crippen LogP contribution in [0.4, 0.5) is 8.78 Å². The molecule has 0 radical (unpaired) electrons. The van der Waals surface area contributed by atoms with Crippen molar-refractivity contribution in [3.05, 3.63) is 36.4 Å². The fourth-order valence-corrected chi connectivity index (χ4v) is 1.55. The molecular weight excluding hydrogens is 214 g/mol. The summed E-state index contributed by atoms with van der Waals surface area (Å²) in [5, 5.41) is 1.45. The maximum atomic E-state index is 12.2. The third-order valence-electron chi connectivity index (χ3n) is 2.27. The molecule has 0 saturated carbocycles. The average molecular weight is 224 g/mol. The average Bonchev–Trinajstić information content (AvgIpc) is 2.28. The molecule has 0 spiro atoms. The minimum Gasteiger partial charge on any atom is -0.497 e. The lowest BCUT2D eigenvalue weighted by molar-refractivity contribution is -0.0488. The second kappa shape index (κ2) is 4.35. The van der Waals surface area contributed by atoms with Crippen molar-refractivity contribution in [1.29, 1.82) is 0 Å². The van der Waals surface area contributed by atoms with Crippen molar-refractivity contribution in [3.63, 3.8) is 0 Å². The van der Waals surface area contributed by atoms with Crippen molar-refractivity contribution in [2.45, 2.75) is 6.61 Å². The first-order chi connectivity index (χ1) is 7.70. The van der Waals surface area contributed by atoms with Gasteiger partial charge in [0, 0.05) is 5.39 Å². The van der Waals surface area contributed by atoms with Crippen molar-refractivity contribution in [2.75, 3.05) is 7.11 Å². The summed E-state index contributed by atoms with van der Waals surface area (Å²) < 4.78 is 33.8. The summed E-state index contributed by atoms with van der Waals surface area (Å²) in [6.07, 6.45) is 0. The Kier molecular flexibility index (Phi) is 2.90. The first kappa shape index (κ1) is 10.7. The lowest BCUT2D eigenvalue weighted by atomic mass is 10.1. The fraction of sp³-hybridized carbons (Fsp3) is 0.167. The number of ether oxygens (including phenoxy) is 2. The highest BCUT2D eigenvalue weighted by Gasteiger charge is 2.08. The number of fused-ring (bicyclic) bond motifs is 1. The van der Waals surface area contributed by atoms with Gasteiger partial charge in [-0.25, -0.2) is 0 Å². The van der Waals surface area contributed by atoms with Gasteiger partial charge in [-0.2, -0.15) is 8.78 Å². The molecule has 0 heterocycles.